The van der Waals surface area contributed by atoms with Gasteiger partial charge in [-0.05, 0) is 12.5 Å². The molecule has 1 unspecified atom stereocenters. The third-order valence-corrected chi connectivity index (χ3v) is 1.32. The first-order chi connectivity index (χ1) is 4.00. The molecule has 52 valence electrons. The van der Waals surface area contributed by atoms with Gasteiger partial charge in [0, 0.05) is 4.91 Å². The third-order valence-electron chi connectivity index (χ3n) is 1.32. The Labute approximate surface area is 54.1 Å². The molecule has 0 saturated heterocycles. The normalized spacial score (nSPS) is 14.2. The number of hydrogen-bond acceptors (Lipinski definition) is 2. The maximum atomic E-state index is 8.95. The average Bonchev–Trinajstić information content (AvgIpc) is 1.65. The van der Waals surface area contributed by atoms with Gasteiger partial charge in [0.25, 0.3) is 0 Å². The van der Waals surface area contributed by atoms with Crippen LogP contribution in [0.3, 0.4) is 0 Å². The van der Waals surface area contributed by atoms with Crippen molar-refractivity contribution in [1.82, 2.24) is 0 Å². The molecule has 0 rings (SSSR count). The molecule has 0 aromatic carbocycles. The first-order valence-electron chi connectivity index (χ1n) is 2.75. The van der Waals surface area contributed by atoms with Crippen molar-refractivity contribution in [3.05, 3.63) is 10.4 Å². The largest absolute Gasteiger partial charge is 0.393 e. The third kappa shape index (κ3) is 2.35. The molecule has 0 radical (unpaired) electrons. The van der Waals surface area contributed by atoms with Crippen molar-refractivity contribution in [3.8, 4) is 0 Å². The monoisotopic (exact) mass is 129 g/mol. The molecule has 0 saturated carbocycles. The smallest absolute Gasteiger partial charge is 0.0687 e. The topological polar surface area (TPSA) is 69.0 Å². The van der Waals surface area contributed by atoms with Crippen LogP contribution in [0.1, 0.15) is 20.8 Å². The molecule has 0 bridgehead atoms. The quantitative estimate of drug-likeness (QED) is 0.342. The van der Waals surface area contributed by atoms with Crippen LogP contribution in [-0.4, -0.2) is 16.7 Å². The fourth-order valence-corrected chi connectivity index (χ4v) is 0.199. The van der Waals surface area contributed by atoms with Gasteiger partial charge in [-0.25, -0.2) is 0 Å². The first kappa shape index (κ1) is 8.27. The van der Waals surface area contributed by atoms with E-state index < -0.39 is 11.6 Å². The summed E-state index contributed by atoms with van der Waals surface area (Å²) in [6.07, 6.45) is -0.603. The van der Waals surface area contributed by atoms with Crippen LogP contribution < -0.4 is 0 Å². The van der Waals surface area contributed by atoms with Crippen LogP contribution in [0.4, 0.5) is 0 Å². The SMILES string of the molecule is CC(O)C(C)(C)N=[N+]=[N-]. The molecule has 0 amide bonds. The Morgan fingerprint density at radius 3 is 2.22 bits per heavy atom. The van der Waals surface area contributed by atoms with E-state index in [9.17, 15) is 0 Å². The standard InChI is InChI=1S/C5H11N3O/c1-4(9)5(2,3)7-8-6/h4,9H,1-3H3. The zero-order chi connectivity index (χ0) is 7.49. The number of rotatable bonds is 2. The lowest BCUT2D eigenvalue weighted by Gasteiger charge is -2.20. The van der Waals surface area contributed by atoms with E-state index >= 15 is 0 Å². The Hall–Kier alpha value is -0.730. The minimum absolute atomic E-state index is 0.603. The van der Waals surface area contributed by atoms with Gasteiger partial charge in [0.1, 0.15) is 0 Å². The van der Waals surface area contributed by atoms with Crippen LogP contribution in [0, 0.1) is 0 Å². The van der Waals surface area contributed by atoms with E-state index in [-0.39, 0.29) is 0 Å². The highest BCUT2D eigenvalue weighted by molar-refractivity contribution is 4.82. The lowest BCUT2D eigenvalue weighted by atomic mass is 10.0. The van der Waals surface area contributed by atoms with Crippen LogP contribution >= 0.6 is 0 Å². The Morgan fingerprint density at radius 1 is 1.67 bits per heavy atom. The van der Waals surface area contributed by atoms with Crippen molar-refractivity contribution < 1.29 is 5.11 Å². The summed E-state index contributed by atoms with van der Waals surface area (Å²) in [5, 5.41) is 12.3. The molecule has 0 fully saturated rings. The fraction of sp³-hybridized carbons (Fsp3) is 1.00. The van der Waals surface area contributed by atoms with Gasteiger partial charge in [-0.2, -0.15) is 0 Å². The molecule has 4 heteroatoms. The summed E-state index contributed by atoms with van der Waals surface area (Å²) in [5.74, 6) is 0. The van der Waals surface area contributed by atoms with Gasteiger partial charge in [-0.15, -0.1) is 0 Å². The van der Waals surface area contributed by atoms with Gasteiger partial charge < -0.3 is 5.11 Å². The Kier molecular flexibility index (Phi) is 2.49. The van der Waals surface area contributed by atoms with E-state index in [1.165, 1.54) is 0 Å². The van der Waals surface area contributed by atoms with Crippen LogP contribution in [0.5, 0.6) is 0 Å². The highest BCUT2D eigenvalue weighted by atomic mass is 16.3. The lowest BCUT2D eigenvalue weighted by Crippen LogP contribution is -2.30. The van der Waals surface area contributed by atoms with E-state index in [4.69, 9.17) is 10.6 Å². The highest BCUT2D eigenvalue weighted by Crippen LogP contribution is 2.13. The van der Waals surface area contributed by atoms with Gasteiger partial charge in [-0.1, -0.05) is 19.0 Å². The predicted octanol–water partition coefficient (Wildman–Crippen LogP) is 1.46. The summed E-state index contributed by atoms with van der Waals surface area (Å²) in [5.41, 5.74) is 7.31. The molecule has 0 heterocycles. The molecular formula is C5H11N3O. The Morgan fingerprint density at radius 2 is 2.11 bits per heavy atom. The van der Waals surface area contributed by atoms with E-state index in [2.05, 4.69) is 10.0 Å². The number of aliphatic hydroxyl groups is 1. The van der Waals surface area contributed by atoms with Crippen LogP contribution in [0.15, 0.2) is 5.11 Å². The maximum absolute atomic E-state index is 8.95. The molecule has 9 heavy (non-hydrogen) atoms. The molecule has 0 aromatic heterocycles. The molecule has 0 aromatic rings. The minimum Gasteiger partial charge on any atom is -0.393 e. The van der Waals surface area contributed by atoms with Gasteiger partial charge in [-0.3, -0.25) is 0 Å². The molecular weight excluding hydrogens is 118 g/mol. The van der Waals surface area contributed by atoms with Crippen molar-refractivity contribution in [1.29, 1.82) is 0 Å². The van der Waals surface area contributed by atoms with Crippen LogP contribution in [0.25, 0.3) is 10.4 Å². The molecule has 0 aliphatic carbocycles. The summed E-state index contributed by atoms with van der Waals surface area (Å²) < 4.78 is 0. The van der Waals surface area contributed by atoms with Crippen molar-refractivity contribution >= 4 is 0 Å². The second kappa shape index (κ2) is 2.71. The predicted molar refractivity (Wildman–Crippen MR) is 34.9 cm³/mol. The average molecular weight is 129 g/mol. The second-order valence-corrected chi connectivity index (χ2v) is 2.52. The summed E-state index contributed by atoms with van der Waals surface area (Å²) in [7, 11) is 0. The molecule has 0 aliphatic heterocycles. The number of azide groups is 1. The summed E-state index contributed by atoms with van der Waals surface area (Å²) in [6.45, 7) is 4.95. The zero-order valence-electron chi connectivity index (χ0n) is 5.87. The van der Waals surface area contributed by atoms with E-state index in [1.54, 1.807) is 20.8 Å². The zero-order valence-corrected chi connectivity index (χ0v) is 5.87. The van der Waals surface area contributed by atoms with E-state index in [0.29, 0.717) is 0 Å². The van der Waals surface area contributed by atoms with Crippen molar-refractivity contribution in [2.24, 2.45) is 5.11 Å². The molecule has 1 atom stereocenters. The Balaban J connectivity index is 4.18. The van der Waals surface area contributed by atoms with Crippen molar-refractivity contribution in [2.45, 2.75) is 32.4 Å². The first-order valence-corrected chi connectivity index (χ1v) is 2.75. The minimum atomic E-state index is -0.686. The van der Waals surface area contributed by atoms with Gasteiger partial charge in [0.05, 0.1) is 11.6 Å². The second-order valence-electron chi connectivity index (χ2n) is 2.52. The fourth-order valence-electron chi connectivity index (χ4n) is 0.199. The molecule has 0 spiro atoms. The number of nitrogens with zero attached hydrogens (tertiary/aromatic N) is 3. The van der Waals surface area contributed by atoms with Crippen molar-refractivity contribution in [3.63, 3.8) is 0 Å². The molecule has 4 nitrogen and oxygen atoms in total. The summed E-state index contributed by atoms with van der Waals surface area (Å²) in [6, 6.07) is 0. The summed E-state index contributed by atoms with van der Waals surface area (Å²) >= 11 is 0. The number of aliphatic hydroxyl groups excluding tert-OH is 1. The van der Waals surface area contributed by atoms with Crippen LogP contribution in [0.2, 0.25) is 0 Å². The van der Waals surface area contributed by atoms with Crippen LogP contribution in [-0.2, 0) is 0 Å². The van der Waals surface area contributed by atoms with E-state index in [0.717, 1.165) is 0 Å². The van der Waals surface area contributed by atoms with Crippen molar-refractivity contribution in [2.75, 3.05) is 0 Å². The summed E-state index contributed by atoms with van der Waals surface area (Å²) in [4.78, 5) is 2.59. The van der Waals surface area contributed by atoms with E-state index in [1.807, 2.05) is 0 Å². The van der Waals surface area contributed by atoms with Gasteiger partial charge in [0.15, 0.2) is 0 Å². The van der Waals surface area contributed by atoms with Gasteiger partial charge >= 0.3 is 0 Å². The highest BCUT2D eigenvalue weighted by Gasteiger charge is 2.21. The van der Waals surface area contributed by atoms with Gasteiger partial charge in [0.2, 0.25) is 0 Å². The molecule has 0 aliphatic rings. The Bertz CT molecular complexity index is 135. The lowest BCUT2D eigenvalue weighted by molar-refractivity contribution is 0.122. The number of hydrogen-bond donors (Lipinski definition) is 1. The maximum Gasteiger partial charge on any atom is 0.0687 e. The molecule has 1 N–H and O–H groups in total.